The van der Waals surface area contributed by atoms with Crippen LogP contribution >= 0.6 is 0 Å². The molecule has 1 N–H and O–H groups in total. The van der Waals surface area contributed by atoms with Crippen LogP contribution in [0.5, 0.6) is 0 Å². The van der Waals surface area contributed by atoms with Crippen LogP contribution in [0.2, 0.25) is 0 Å². The van der Waals surface area contributed by atoms with Crippen molar-refractivity contribution in [1.82, 2.24) is 19.8 Å². The normalized spacial score (nSPS) is 18.8. The van der Waals surface area contributed by atoms with E-state index in [1.54, 1.807) is 6.20 Å². The van der Waals surface area contributed by atoms with Gasteiger partial charge in [-0.2, -0.15) is 5.26 Å². The van der Waals surface area contributed by atoms with Crippen LogP contribution in [-0.4, -0.2) is 65.6 Å². The molecule has 0 amide bonds. The van der Waals surface area contributed by atoms with E-state index in [4.69, 9.17) is 5.26 Å². The summed E-state index contributed by atoms with van der Waals surface area (Å²) in [5, 5.41) is 12.2. The van der Waals surface area contributed by atoms with E-state index in [-0.39, 0.29) is 0 Å². The van der Waals surface area contributed by atoms with E-state index >= 15 is 0 Å². The second-order valence-corrected chi connectivity index (χ2v) is 4.93. The fraction of sp³-hybridized carbons (Fsp3) is 0.615. The summed E-state index contributed by atoms with van der Waals surface area (Å²) < 4.78 is 0. The summed E-state index contributed by atoms with van der Waals surface area (Å²) >= 11 is 0. The van der Waals surface area contributed by atoms with Crippen molar-refractivity contribution in [2.75, 3.05) is 45.1 Å². The van der Waals surface area contributed by atoms with Crippen LogP contribution in [0.4, 0.5) is 5.82 Å². The Morgan fingerprint density at radius 3 is 2.68 bits per heavy atom. The summed E-state index contributed by atoms with van der Waals surface area (Å²) in [7, 11) is 2.15. The monoisotopic (exact) mass is 260 g/mol. The number of anilines is 1. The molecule has 1 fully saturated rings. The summed E-state index contributed by atoms with van der Waals surface area (Å²) in [5.74, 6) is 0.575. The van der Waals surface area contributed by atoms with E-state index in [0.717, 1.165) is 32.7 Å². The zero-order valence-corrected chi connectivity index (χ0v) is 11.5. The van der Waals surface area contributed by atoms with Crippen molar-refractivity contribution in [2.24, 2.45) is 0 Å². The lowest BCUT2D eigenvalue weighted by atomic mass is 10.2. The molecule has 0 aromatic carbocycles. The third kappa shape index (κ3) is 3.63. The van der Waals surface area contributed by atoms with Crippen LogP contribution < -0.4 is 5.32 Å². The minimum atomic E-state index is 0.355. The topological polar surface area (TPSA) is 68.1 Å². The first-order valence-electron chi connectivity index (χ1n) is 6.58. The maximum atomic E-state index is 8.95. The van der Waals surface area contributed by atoms with Gasteiger partial charge < -0.3 is 10.2 Å². The average Bonchev–Trinajstić information content (AvgIpc) is 2.45. The molecule has 1 atom stereocenters. The van der Waals surface area contributed by atoms with Gasteiger partial charge in [0.2, 0.25) is 0 Å². The van der Waals surface area contributed by atoms with Crippen molar-refractivity contribution in [2.45, 2.75) is 13.0 Å². The second-order valence-electron chi connectivity index (χ2n) is 4.93. The number of rotatable bonds is 4. The predicted octanol–water partition coefficient (Wildman–Crippen LogP) is 0.396. The molecular weight excluding hydrogens is 240 g/mol. The highest BCUT2D eigenvalue weighted by Gasteiger charge is 2.19. The van der Waals surface area contributed by atoms with Crippen molar-refractivity contribution in [3.8, 4) is 6.07 Å². The molecule has 0 radical (unpaired) electrons. The fourth-order valence-electron chi connectivity index (χ4n) is 2.19. The van der Waals surface area contributed by atoms with Gasteiger partial charge in [-0.1, -0.05) is 0 Å². The third-order valence-corrected chi connectivity index (χ3v) is 3.53. The molecule has 0 aliphatic carbocycles. The van der Waals surface area contributed by atoms with Gasteiger partial charge in [-0.05, 0) is 14.0 Å². The number of nitriles is 1. The highest BCUT2D eigenvalue weighted by molar-refractivity contribution is 5.46. The molecule has 0 bridgehead atoms. The molecule has 1 saturated heterocycles. The Hall–Kier alpha value is -1.71. The van der Waals surface area contributed by atoms with Crippen molar-refractivity contribution in [3.05, 3.63) is 18.1 Å². The van der Waals surface area contributed by atoms with Crippen LogP contribution in [0, 0.1) is 11.3 Å². The number of nitrogens with one attached hydrogen (secondary N) is 1. The summed E-state index contributed by atoms with van der Waals surface area (Å²) in [6.07, 6.45) is 3.14. The smallest absolute Gasteiger partial charge is 0.182 e. The van der Waals surface area contributed by atoms with Gasteiger partial charge in [-0.25, -0.2) is 9.97 Å². The van der Waals surface area contributed by atoms with Crippen molar-refractivity contribution < 1.29 is 0 Å². The van der Waals surface area contributed by atoms with Gasteiger partial charge in [0.1, 0.15) is 6.07 Å². The lowest BCUT2D eigenvalue weighted by Gasteiger charge is -2.36. The Balaban J connectivity index is 1.86. The van der Waals surface area contributed by atoms with E-state index in [1.165, 1.54) is 6.20 Å². The van der Waals surface area contributed by atoms with E-state index in [2.05, 4.69) is 39.1 Å². The second kappa shape index (κ2) is 6.45. The zero-order chi connectivity index (χ0) is 13.7. The van der Waals surface area contributed by atoms with Gasteiger partial charge in [0.25, 0.3) is 0 Å². The maximum absolute atomic E-state index is 8.95. The van der Waals surface area contributed by atoms with E-state index in [1.807, 2.05) is 6.07 Å². The molecular formula is C13H20N6. The van der Waals surface area contributed by atoms with Gasteiger partial charge in [-0.15, -0.1) is 0 Å². The molecule has 2 heterocycles. The molecule has 0 spiro atoms. The van der Waals surface area contributed by atoms with E-state index < -0.39 is 0 Å². The molecule has 6 heteroatoms. The first kappa shape index (κ1) is 13.7. The number of nitrogens with zero attached hydrogens (tertiary/aromatic N) is 5. The van der Waals surface area contributed by atoms with Crippen LogP contribution in [0.15, 0.2) is 12.4 Å². The number of likely N-dealkylation sites (N-methyl/N-ethyl adjacent to an activating group) is 1. The molecule has 102 valence electrons. The molecule has 1 aromatic heterocycles. The molecule has 1 aliphatic rings. The van der Waals surface area contributed by atoms with Crippen LogP contribution in [0.25, 0.3) is 0 Å². The van der Waals surface area contributed by atoms with Gasteiger partial charge in [0, 0.05) is 51.2 Å². The summed E-state index contributed by atoms with van der Waals surface area (Å²) in [6, 6.07) is 2.47. The molecule has 19 heavy (non-hydrogen) atoms. The predicted molar refractivity (Wildman–Crippen MR) is 73.8 cm³/mol. The Bertz CT molecular complexity index is 447. The average molecular weight is 260 g/mol. The Kier molecular flexibility index (Phi) is 4.66. The summed E-state index contributed by atoms with van der Waals surface area (Å²) in [4.78, 5) is 12.9. The highest BCUT2D eigenvalue weighted by atomic mass is 15.3. The van der Waals surface area contributed by atoms with Crippen LogP contribution in [-0.2, 0) is 0 Å². The molecule has 6 nitrogen and oxygen atoms in total. The molecule has 1 aromatic rings. The molecule has 2 rings (SSSR count). The Morgan fingerprint density at radius 2 is 2.00 bits per heavy atom. The largest absolute Gasteiger partial charge is 0.366 e. The molecule has 0 saturated carbocycles. The van der Waals surface area contributed by atoms with Crippen molar-refractivity contribution >= 4 is 5.82 Å². The standard InChI is InChI=1S/C13H20N6/c1-11(19-7-5-18(2)6-8-19)10-17-13-12(9-14)15-3-4-16-13/h3-4,11H,5-8,10H2,1-2H3,(H,16,17). The lowest BCUT2D eigenvalue weighted by molar-refractivity contribution is 0.123. The first-order valence-corrected chi connectivity index (χ1v) is 6.58. The first-order chi connectivity index (χ1) is 9.20. The molecule has 1 unspecified atom stereocenters. The highest BCUT2D eigenvalue weighted by Crippen LogP contribution is 2.09. The fourth-order valence-corrected chi connectivity index (χ4v) is 2.19. The Morgan fingerprint density at radius 1 is 1.32 bits per heavy atom. The quantitative estimate of drug-likeness (QED) is 0.845. The van der Waals surface area contributed by atoms with E-state index in [0.29, 0.717) is 17.6 Å². The zero-order valence-electron chi connectivity index (χ0n) is 11.5. The minimum absolute atomic E-state index is 0.355. The van der Waals surface area contributed by atoms with Gasteiger partial charge >= 0.3 is 0 Å². The number of hydrogen-bond acceptors (Lipinski definition) is 6. The van der Waals surface area contributed by atoms with Gasteiger partial charge in [0.15, 0.2) is 11.5 Å². The van der Waals surface area contributed by atoms with Gasteiger partial charge in [-0.3, -0.25) is 4.90 Å². The Labute approximate surface area is 114 Å². The van der Waals surface area contributed by atoms with Crippen LogP contribution in [0.3, 0.4) is 0 Å². The maximum Gasteiger partial charge on any atom is 0.182 e. The molecule has 1 aliphatic heterocycles. The number of piperazine rings is 1. The summed E-state index contributed by atoms with van der Waals surface area (Å²) in [6.45, 7) is 7.37. The van der Waals surface area contributed by atoms with Crippen molar-refractivity contribution in [1.29, 1.82) is 5.26 Å². The number of hydrogen-bond donors (Lipinski definition) is 1. The SMILES string of the molecule is CC(CNc1nccnc1C#N)N1CCN(C)CC1. The van der Waals surface area contributed by atoms with E-state index in [9.17, 15) is 0 Å². The van der Waals surface area contributed by atoms with Gasteiger partial charge in [0.05, 0.1) is 0 Å². The van der Waals surface area contributed by atoms with Crippen molar-refractivity contribution in [3.63, 3.8) is 0 Å². The summed E-state index contributed by atoms with van der Waals surface area (Å²) in [5.41, 5.74) is 0.355. The number of aromatic nitrogens is 2. The third-order valence-electron chi connectivity index (χ3n) is 3.53. The van der Waals surface area contributed by atoms with Crippen LogP contribution in [0.1, 0.15) is 12.6 Å². The lowest BCUT2D eigenvalue weighted by Crippen LogP contribution is -2.49. The minimum Gasteiger partial charge on any atom is -0.366 e.